The van der Waals surface area contributed by atoms with Crippen LogP contribution in [0.2, 0.25) is 0 Å². The summed E-state index contributed by atoms with van der Waals surface area (Å²) in [6.45, 7) is 20.6. The summed E-state index contributed by atoms with van der Waals surface area (Å²) in [6.07, 6.45) is 6.60. The first-order chi connectivity index (χ1) is 25.1. The first-order valence-corrected chi connectivity index (χ1v) is 18.5. The van der Waals surface area contributed by atoms with Crippen molar-refractivity contribution in [1.82, 2.24) is 28.9 Å². The zero-order chi connectivity index (χ0) is 37.8. The van der Waals surface area contributed by atoms with Crippen molar-refractivity contribution in [3.8, 4) is 11.3 Å². The molecular formula is C41H51N9O3. The highest BCUT2D eigenvalue weighted by atomic mass is 16.2. The fourth-order valence-corrected chi connectivity index (χ4v) is 8.29. The van der Waals surface area contributed by atoms with Gasteiger partial charge in [0, 0.05) is 98.9 Å². The number of aryl methyl sites for hydroxylation is 1. The molecule has 12 nitrogen and oxygen atoms in total. The Bertz CT molecular complexity index is 2170. The van der Waals surface area contributed by atoms with Crippen LogP contribution in [-0.4, -0.2) is 87.0 Å². The number of nitrogens with one attached hydrogen (secondary N) is 2. The van der Waals surface area contributed by atoms with Crippen LogP contribution in [0.1, 0.15) is 60.6 Å². The Morgan fingerprint density at radius 3 is 2.51 bits per heavy atom. The molecule has 1 saturated heterocycles. The number of rotatable bonds is 9. The van der Waals surface area contributed by atoms with Crippen molar-refractivity contribution in [3.63, 3.8) is 0 Å². The molecule has 4 aromatic rings. The number of benzene rings is 1. The number of aromatic nitrogens is 4. The SMILES string of the molecule is C=CC(=O)Nc1cc(Nc2nc(-c3ccnc(N4CCn5c(cc6c5CC(C)(C)C6)C4=O)c3C)cn(C)c2=O)ccc1C(C)(C)CN1CCN(C)CC1. The van der Waals surface area contributed by atoms with Crippen LogP contribution in [0.3, 0.4) is 0 Å². The van der Waals surface area contributed by atoms with Gasteiger partial charge in [0.25, 0.3) is 11.5 Å². The molecule has 3 aromatic heterocycles. The van der Waals surface area contributed by atoms with E-state index in [9.17, 15) is 14.4 Å². The fourth-order valence-electron chi connectivity index (χ4n) is 8.29. The number of anilines is 4. The first-order valence-electron chi connectivity index (χ1n) is 18.5. The minimum Gasteiger partial charge on any atom is -0.339 e. The van der Waals surface area contributed by atoms with Gasteiger partial charge < -0.3 is 24.7 Å². The molecule has 0 unspecified atom stereocenters. The molecule has 0 bridgehead atoms. The zero-order valence-electron chi connectivity index (χ0n) is 32.0. The lowest BCUT2D eigenvalue weighted by molar-refractivity contribution is -0.111. The van der Waals surface area contributed by atoms with Gasteiger partial charge in [0.05, 0.1) is 5.69 Å². The van der Waals surface area contributed by atoms with E-state index in [0.29, 0.717) is 41.7 Å². The molecule has 2 N–H and O–H groups in total. The zero-order valence-corrected chi connectivity index (χ0v) is 32.0. The van der Waals surface area contributed by atoms with E-state index >= 15 is 0 Å². The molecule has 5 heterocycles. The summed E-state index contributed by atoms with van der Waals surface area (Å²) in [7, 11) is 3.84. The maximum atomic E-state index is 13.9. The second-order valence-electron chi connectivity index (χ2n) is 16.4. The normalized spacial score (nSPS) is 17.4. The van der Waals surface area contributed by atoms with Crippen molar-refractivity contribution in [2.45, 2.75) is 59.4 Å². The molecule has 1 fully saturated rings. The lowest BCUT2D eigenvalue weighted by Crippen LogP contribution is -2.48. The fraction of sp³-hybridized carbons (Fsp3) is 0.439. The largest absolute Gasteiger partial charge is 0.339 e. The second kappa shape index (κ2) is 13.7. The number of amides is 2. The van der Waals surface area contributed by atoms with Crippen LogP contribution < -0.4 is 21.1 Å². The van der Waals surface area contributed by atoms with Crippen LogP contribution in [0.5, 0.6) is 0 Å². The van der Waals surface area contributed by atoms with E-state index in [-0.39, 0.29) is 34.0 Å². The van der Waals surface area contributed by atoms with Gasteiger partial charge in [0.15, 0.2) is 5.82 Å². The molecule has 278 valence electrons. The minimum atomic E-state index is -0.313. The molecule has 2 amide bonds. The highest BCUT2D eigenvalue weighted by molar-refractivity contribution is 6.06. The van der Waals surface area contributed by atoms with Gasteiger partial charge in [-0.3, -0.25) is 24.2 Å². The van der Waals surface area contributed by atoms with Crippen molar-refractivity contribution in [2.24, 2.45) is 12.5 Å². The molecule has 12 heteroatoms. The minimum absolute atomic E-state index is 0.0542. The lowest BCUT2D eigenvalue weighted by atomic mass is 9.82. The number of hydrogen-bond acceptors (Lipinski definition) is 8. The topological polar surface area (TPSA) is 121 Å². The number of likely N-dealkylation sites (N-methyl/N-ethyl adjacent to an activating group) is 1. The van der Waals surface area contributed by atoms with Crippen LogP contribution in [0.25, 0.3) is 11.3 Å². The van der Waals surface area contributed by atoms with Crippen LogP contribution in [0.4, 0.5) is 23.0 Å². The number of carbonyl (C=O) groups excluding carboxylic acids is 2. The van der Waals surface area contributed by atoms with Crippen molar-refractivity contribution in [2.75, 3.05) is 61.8 Å². The molecule has 0 saturated carbocycles. The summed E-state index contributed by atoms with van der Waals surface area (Å²) >= 11 is 0. The van der Waals surface area contributed by atoms with Crippen LogP contribution in [0.15, 0.2) is 60.2 Å². The Balaban J connectivity index is 1.17. The third-order valence-electron chi connectivity index (χ3n) is 11.1. The van der Waals surface area contributed by atoms with E-state index in [1.54, 1.807) is 24.3 Å². The number of fused-ring (bicyclic) bond motifs is 3. The summed E-state index contributed by atoms with van der Waals surface area (Å²) < 4.78 is 3.70. The van der Waals surface area contributed by atoms with Gasteiger partial charge in [-0.05, 0) is 73.7 Å². The van der Waals surface area contributed by atoms with E-state index in [1.807, 2.05) is 31.2 Å². The van der Waals surface area contributed by atoms with Gasteiger partial charge in [0.1, 0.15) is 11.5 Å². The Kier molecular flexibility index (Phi) is 9.40. The highest BCUT2D eigenvalue weighted by Crippen LogP contribution is 2.40. The standard InChI is InChI=1S/C41H51N9O3/c1-9-35(51)44-31-21-28(10-11-30(31)41(5,6)25-48-16-14-46(7)15-17-48)43-36-39(53)47(8)24-32(45-36)29-12-13-42-37(26(29)2)50-19-18-49-33(38(50)52)20-27-22-40(3,4)23-34(27)49/h9-13,20-21,24H,1,14-19,22-23,25H2,2-8H3,(H,43,45)(H,44,51). The monoisotopic (exact) mass is 717 g/mol. The molecule has 2 aliphatic heterocycles. The number of piperazine rings is 1. The molecule has 0 atom stereocenters. The average molecular weight is 718 g/mol. The summed E-state index contributed by atoms with van der Waals surface area (Å²) in [4.78, 5) is 56.0. The summed E-state index contributed by atoms with van der Waals surface area (Å²) in [5.74, 6) is 0.356. The summed E-state index contributed by atoms with van der Waals surface area (Å²) in [5, 5.41) is 6.24. The Morgan fingerprint density at radius 2 is 1.77 bits per heavy atom. The van der Waals surface area contributed by atoms with Crippen molar-refractivity contribution >= 4 is 34.8 Å². The Hall–Kier alpha value is -5.07. The number of nitrogens with zero attached hydrogens (tertiary/aromatic N) is 7. The van der Waals surface area contributed by atoms with Gasteiger partial charge in [-0.25, -0.2) is 9.97 Å². The van der Waals surface area contributed by atoms with E-state index in [2.05, 4.69) is 77.4 Å². The van der Waals surface area contributed by atoms with Gasteiger partial charge in [0.2, 0.25) is 5.91 Å². The maximum Gasteiger partial charge on any atom is 0.293 e. The predicted octanol–water partition coefficient (Wildman–Crippen LogP) is 5.13. The Morgan fingerprint density at radius 1 is 1.02 bits per heavy atom. The van der Waals surface area contributed by atoms with E-state index < -0.39 is 0 Å². The molecular weight excluding hydrogens is 667 g/mol. The number of carbonyl (C=O) groups is 2. The van der Waals surface area contributed by atoms with Crippen molar-refractivity contribution < 1.29 is 9.59 Å². The van der Waals surface area contributed by atoms with Gasteiger partial charge >= 0.3 is 0 Å². The molecule has 0 spiro atoms. The van der Waals surface area contributed by atoms with Gasteiger partial charge in [-0.15, -0.1) is 0 Å². The third-order valence-corrected chi connectivity index (χ3v) is 11.1. The molecule has 53 heavy (non-hydrogen) atoms. The number of hydrogen-bond donors (Lipinski definition) is 2. The van der Waals surface area contributed by atoms with Crippen LogP contribution in [0, 0.1) is 12.3 Å². The van der Waals surface area contributed by atoms with Crippen molar-refractivity contribution in [3.05, 3.63) is 93.8 Å². The van der Waals surface area contributed by atoms with Gasteiger partial charge in [-0.2, -0.15) is 0 Å². The van der Waals surface area contributed by atoms with Crippen LogP contribution >= 0.6 is 0 Å². The molecule has 1 aliphatic carbocycles. The first kappa shape index (κ1) is 36.3. The molecule has 0 radical (unpaired) electrons. The van der Waals surface area contributed by atoms with E-state index in [1.165, 1.54) is 21.9 Å². The number of pyridine rings is 1. The summed E-state index contributed by atoms with van der Waals surface area (Å²) in [6, 6.07) is 9.71. The van der Waals surface area contributed by atoms with Crippen molar-refractivity contribution in [1.29, 1.82) is 0 Å². The lowest BCUT2D eigenvalue weighted by Gasteiger charge is -2.38. The molecule has 3 aliphatic rings. The maximum absolute atomic E-state index is 13.9. The van der Waals surface area contributed by atoms with E-state index in [0.717, 1.165) is 62.3 Å². The molecule has 7 rings (SSSR count). The highest BCUT2D eigenvalue weighted by Gasteiger charge is 2.37. The average Bonchev–Trinajstić information content (AvgIpc) is 3.60. The molecule has 1 aromatic carbocycles. The predicted molar refractivity (Wildman–Crippen MR) is 210 cm³/mol. The summed E-state index contributed by atoms with van der Waals surface area (Å²) in [5.41, 5.74) is 7.27. The smallest absolute Gasteiger partial charge is 0.293 e. The third kappa shape index (κ3) is 7.05. The van der Waals surface area contributed by atoms with E-state index in [4.69, 9.17) is 4.98 Å². The van der Waals surface area contributed by atoms with Crippen LogP contribution in [-0.2, 0) is 36.6 Å². The second-order valence-corrected chi connectivity index (χ2v) is 16.4. The Labute approximate surface area is 311 Å². The van der Waals surface area contributed by atoms with Gasteiger partial charge in [-0.1, -0.05) is 40.3 Å². The quantitative estimate of drug-likeness (QED) is 0.229.